The smallest absolute Gasteiger partial charge is 0.220 e. The van der Waals surface area contributed by atoms with E-state index in [2.05, 4.69) is 22.1 Å². The summed E-state index contributed by atoms with van der Waals surface area (Å²) >= 11 is 0. The molecular weight excluding hydrogens is 228 g/mol. The average Bonchev–Trinajstić information content (AvgIpc) is 2.36. The van der Waals surface area contributed by atoms with Crippen LogP contribution in [0.4, 0.5) is 0 Å². The molecule has 2 heterocycles. The predicted octanol–water partition coefficient (Wildman–Crippen LogP) is 0.702. The summed E-state index contributed by atoms with van der Waals surface area (Å²) in [5.74, 6) is 1.48. The molecule has 0 bridgehead atoms. The third-order valence-corrected chi connectivity index (χ3v) is 3.78. The molecule has 102 valence electrons. The minimum absolute atomic E-state index is 0.145. The fourth-order valence-corrected chi connectivity index (χ4v) is 2.72. The van der Waals surface area contributed by atoms with Crippen LogP contribution in [0.25, 0.3) is 0 Å². The van der Waals surface area contributed by atoms with Gasteiger partial charge in [0.1, 0.15) is 0 Å². The molecule has 0 spiro atoms. The Labute approximate surface area is 109 Å². The van der Waals surface area contributed by atoms with Gasteiger partial charge in [0.05, 0.1) is 6.54 Å². The largest absolute Gasteiger partial charge is 0.370 e. The van der Waals surface area contributed by atoms with Gasteiger partial charge in [0.2, 0.25) is 5.91 Å². The van der Waals surface area contributed by atoms with E-state index in [-0.39, 0.29) is 11.9 Å². The Morgan fingerprint density at radius 3 is 3.06 bits per heavy atom. The second-order valence-electron chi connectivity index (χ2n) is 5.55. The van der Waals surface area contributed by atoms with Crippen molar-refractivity contribution in [2.24, 2.45) is 16.6 Å². The van der Waals surface area contributed by atoms with Crippen molar-refractivity contribution in [3.8, 4) is 0 Å². The summed E-state index contributed by atoms with van der Waals surface area (Å²) in [5.41, 5.74) is 6.03. The molecule has 3 N–H and O–H groups in total. The highest BCUT2D eigenvalue weighted by Crippen LogP contribution is 2.15. The number of likely N-dealkylation sites (tertiary alicyclic amines) is 1. The maximum atomic E-state index is 11.3. The molecule has 0 aromatic carbocycles. The molecule has 0 aromatic rings. The van der Waals surface area contributed by atoms with Crippen LogP contribution in [-0.4, -0.2) is 42.4 Å². The zero-order valence-corrected chi connectivity index (χ0v) is 11.2. The lowest BCUT2D eigenvalue weighted by atomic mass is 10.0. The van der Waals surface area contributed by atoms with Crippen molar-refractivity contribution in [3.63, 3.8) is 0 Å². The lowest BCUT2D eigenvalue weighted by Crippen LogP contribution is -2.45. The number of carbonyl (C=O) groups excluding carboxylic acids is 1. The molecule has 5 nitrogen and oxygen atoms in total. The Morgan fingerprint density at radius 1 is 1.50 bits per heavy atom. The fraction of sp³-hybridized carbons (Fsp3) is 0.846. The predicted molar refractivity (Wildman–Crippen MR) is 72.2 cm³/mol. The van der Waals surface area contributed by atoms with E-state index in [4.69, 9.17) is 5.73 Å². The van der Waals surface area contributed by atoms with Crippen molar-refractivity contribution in [1.29, 1.82) is 0 Å². The van der Waals surface area contributed by atoms with Gasteiger partial charge >= 0.3 is 0 Å². The van der Waals surface area contributed by atoms with Crippen molar-refractivity contribution in [2.75, 3.05) is 19.6 Å². The molecule has 0 aromatic heterocycles. The van der Waals surface area contributed by atoms with E-state index >= 15 is 0 Å². The van der Waals surface area contributed by atoms with E-state index in [9.17, 15) is 4.79 Å². The van der Waals surface area contributed by atoms with Gasteiger partial charge in [0.15, 0.2) is 5.96 Å². The molecule has 2 fully saturated rings. The molecule has 0 radical (unpaired) electrons. The number of carbonyl (C=O) groups is 1. The molecular formula is C13H24N4O. The van der Waals surface area contributed by atoms with E-state index in [1.54, 1.807) is 0 Å². The summed E-state index contributed by atoms with van der Waals surface area (Å²) in [6.45, 7) is 4.88. The lowest BCUT2D eigenvalue weighted by molar-refractivity contribution is -0.123. The molecule has 1 amide bonds. The first kappa shape index (κ1) is 13.2. The number of nitrogens with one attached hydrogen (secondary N) is 1. The van der Waals surface area contributed by atoms with Crippen LogP contribution in [0.2, 0.25) is 0 Å². The van der Waals surface area contributed by atoms with Gasteiger partial charge in [0.25, 0.3) is 0 Å². The second-order valence-corrected chi connectivity index (χ2v) is 5.55. The molecule has 0 saturated carbocycles. The van der Waals surface area contributed by atoms with Gasteiger partial charge in [-0.15, -0.1) is 0 Å². The normalized spacial score (nSPS) is 30.2. The Morgan fingerprint density at radius 2 is 2.33 bits per heavy atom. The molecule has 0 aliphatic carbocycles. The number of piperidine rings is 2. The Bertz CT molecular complexity index is 329. The number of hydrogen-bond acceptors (Lipinski definition) is 2. The zero-order chi connectivity index (χ0) is 13.0. The first-order valence-electron chi connectivity index (χ1n) is 6.99. The molecule has 2 rings (SSSR count). The highest BCUT2D eigenvalue weighted by molar-refractivity contribution is 5.79. The molecule has 2 saturated heterocycles. The zero-order valence-electron chi connectivity index (χ0n) is 11.2. The van der Waals surface area contributed by atoms with Crippen LogP contribution in [0.5, 0.6) is 0 Å². The van der Waals surface area contributed by atoms with Crippen molar-refractivity contribution in [1.82, 2.24) is 10.2 Å². The van der Waals surface area contributed by atoms with Gasteiger partial charge in [-0.1, -0.05) is 6.92 Å². The first-order chi connectivity index (χ1) is 8.65. The molecule has 18 heavy (non-hydrogen) atoms. The van der Waals surface area contributed by atoms with Gasteiger partial charge < -0.3 is 16.0 Å². The summed E-state index contributed by atoms with van der Waals surface area (Å²) < 4.78 is 0. The standard InChI is InChI=1S/C13H24N4O/c1-10-4-3-7-17(9-10)13(14)15-8-11-5-2-6-12(18)16-11/h10-11H,2-9H2,1H3,(H2,14,15)(H,16,18). The maximum Gasteiger partial charge on any atom is 0.220 e. The van der Waals surface area contributed by atoms with E-state index in [1.807, 2.05) is 0 Å². The summed E-state index contributed by atoms with van der Waals surface area (Å²) in [7, 11) is 0. The van der Waals surface area contributed by atoms with Crippen LogP contribution in [0.3, 0.4) is 0 Å². The van der Waals surface area contributed by atoms with Gasteiger partial charge in [-0.05, 0) is 31.6 Å². The van der Waals surface area contributed by atoms with Gasteiger partial charge in [-0.2, -0.15) is 0 Å². The van der Waals surface area contributed by atoms with Gasteiger partial charge in [-0.3, -0.25) is 9.79 Å². The van der Waals surface area contributed by atoms with E-state index in [0.717, 1.165) is 25.9 Å². The highest BCUT2D eigenvalue weighted by atomic mass is 16.1. The second kappa shape index (κ2) is 6.07. The number of hydrogen-bond donors (Lipinski definition) is 2. The van der Waals surface area contributed by atoms with Crippen molar-refractivity contribution < 1.29 is 4.79 Å². The van der Waals surface area contributed by atoms with Crippen molar-refractivity contribution in [3.05, 3.63) is 0 Å². The number of aliphatic imine (C=N–C) groups is 1. The average molecular weight is 252 g/mol. The van der Waals surface area contributed by atoms with Crippen LogP contribution in [0.15, 0.2) is 4.99 Å². The summed E-state index contributed by atoms with van der Waals surface area (Å²) in [6.07, 6.45) is 5.10. The first-order valence-corrected chi connectivity index (χ1v) is 6.99. The van der Waals surface area contributed by atoms with Gasteiger partial charge in [0, 0.05) is 25.6 Å². The summed E-state index contributed by atoms with van der Waals surface area (Å²) in [4.78, 5) is 17.9. The Balaban J connectivity index is 1.82. The van der Waals surface area contributed by atoms with Crippen LogP contribution in [0, 0.1) is 5.92 Å². The molecule has 5 heteroatoms. The van der Waals surface area contributed by atoms with Crippen molar-refractivity contribution in [2.45, 2.75) is 45.1 Å². The lowest BCUT2D eigenvalue weighted by Gasteiger charge is -2.32. The SMILES string of the molecule is CC1CCCN(C(N)=NCC2CCCC(=O)N2)C1. The molecule has 2 unspecified atom stereocenters. The maximum absolute atomic E-state index is 11.3. The molecule has 2 aliphatic heterocycles. The minimum Gasteiger partial charge on any atom is -0.370 e. The van der Waals surface area contributed by atoms with Crippen LogP contribution in [0.1, 0.15) is 39.0 Å². The monoisotopic (exact) mass is 252 g/mol. The van der Waals surface area contributed by atoms with Gasteiger partial charge in [-0.25, -0.2) is 0 Å². The van der Waals surface area contributed by atoms with E-state index in [1.165, 1.54) is 12.8 Å². The Hall–Kier alpha value is -1.26. The molecule has 2 aliphatic rings. The highest BCUT2D eigenvalue weighted by Gasteiger charge is 2.20. The van der Waals surface area contributed by atoms with E-state index < -0.39 is 0 Å². The number of guanidine groups is 1. The third kappa shape index (κ3) is 3.62. The Kier molecular flexibility index (Phi) is 4.44. The fourth-order valence-electron chi connectivity index (χ4n) is 2.72. The third-order valence-electron chi connectivity index (χ3n) is 3.78. The summed E-state index contributed by atoms with van der Waals surface area (Å²) in [5, 5.41) is 2.96. The number of amides is 1. The van der Waals surface area contributed by atoms with Crippen LogP contribution in [-0.2, 0) is 4.79 Å². The molecule has 2 atom stereocenters. The topological polar surface area (TPSA) is 70.7 Å². The number of nitrogens with two attached hydrogens (primary N) is 1. The van der Waals surface area contributed by atoms with Crippen LogP contribution >= 0.6 is 0 Å². The van der Waals surface area contributed by atoms with E-state index in [0.29, 0.717) is 24.8 Å². The quantitative estimate of drug-likeness (QED) is 0.561. The summed E-state index contributed by atoms with van der Waals surface area (Å²) in [6, 6.07) is 0.173. The number of nitrogens with zero attached hydrogens (tertiary/aromatic N) is 2. The van der Waals surface area contributed by atoms with Crippen molar-refractivity contribution >= 4 is 11.9 Å². The minimum atomic E-state index is 0.145. The number of rotatable bonds is 2. The van der Waals surface area contributed by atoms with Crippen LogP contribution < -0.4 is 11.1 Å².